The predicted octanol–water partition coefficient (Wildman–Crippen LogP) is 2.96. The molecule has 0 bridgehead atoms. The van der Waals surface area contributed by atoms with Crippen molar-refractivity contribution in [3.05, 3.63) is 23.5 Å². The molecule has 3 nitrogen and oxygen atoms in total. The number of nitrogens with one attached hydrogen (secondary N) is 1. The first kappa shape index (κ1) is 12.6. The molecule has 0 saturated carbocycles. The van der Waals surface area contributed by atoms with Gasteiger partial charge in [0.15, 0.2) is 4.96 Å². The molecule has 0 saturated heterocycles. The van der Waals surface area contributed by atoms with Crippen molar-refractivity contribution in [3.8, 4) is 0 Å². The summed E-state index contributed by atoms with van der Waals surface area (Å²) in [5.41, 5.74) is 1.21. The van der Waals surface area contributed by atoms with Crippen LogP contribution in [0.5, 0.6) is 0 Å². The highest BCUT2D eigenvalue weighted by atomic mass is 32.1. The van der Waals surface area contributed by atoms with Gasteiger partial charge in [0.2, 0.25) is 0 Å². The van der Waals surface area contributed by atoms with E-state index in [-0.39, 0.29) is 0 Å². The van der Waals surface area contributed by atoms with Crippen molar-refractivity contribution in [2.24, 2.45) is 5.92 Å². The lowest BCUT2D eigenvalue weighted by Gasteiger charge is -2.17. The van der Waals surface area contributed by atoms with Crippen LogP contribution in [0.4, 0.5) is 0 Å². The lowest BCUT2D eigenvalue weighted by Crippen LogP contribution is -2.27. The Kier molecular flexibility index (Phi) is 4.18. The van der Waals surface area contributed by atoms with Gasteiger partial charge in [0.05, 0.1) is 5.69 Å². The van der Waals surface area contributed by atoms with E-state index in [0.717, 1.165) is 17.3 Å². The van der Waals surface area contributed by atoms with Crippen LogP contribution in [0.2, 0.25) is 0 Å². The van der Waals surface area contributed by atoms with E-state index in [0.29, 0.717) is 6.04 Å². The van der Waals surface area contributed by atoms with Gasteiger partial charge < -0.3 is 5.32 Å². The number of aryl methyl sites for hydroxylation is 1. The Balaban J connectivity index is 1.90. The maximum absolute atomic E-state index is 4.61. The summed E-state index contributed by atoms with van der Waals surface area (Å²) in [6.45, 7) is 4.55. The van der Waals surface area contributed by atoms with Crippen molar-refractivity contribution in [2.75, 3.05) is 7.05 Å². The molecule has 0 aromatic carbocycles. The molecule has 94 valence electrons. The van der Waals surface area contributed by atoms with Crippen molar-refractivity contribution >= 4 is 16.3 Å². The number of rotatable bonds is 6. The molecule has 0 fully saturated rings. The van der Waals surface area contributed by atoms with Crippen LogP contribution in [-0.2, 0) is 6.42 Å². The summed E-state index contributed by atoms with van der Waals surface area (Å²) in [5, 5.41) is 5.47. The summed E-state index contributed by atoms with van der Waals surface area (Å²) in [4.78, 5) is 5.71. The Morgan fingerprint density at radius 1 is 1.47 bits per heavy atom. The number of fused-ring (bicyclic) bond motifs is 1. The predicted molar refractivity (Wildman–Crippen MR) is 73.7 cm³/mol. The van der Waals surface area contributed by atoms with Gasteiger partial charge in [-0.3, -0.25) is 4.40 Å². The van der Waals surface area contributed by atoms with Crippen LogP contribution in [0.25, 0.3) is 4.96 Å². The van der Waals surface area contributed by atoms with Gasteiger partial charge in [0.25, 0.3) is 0 Å². The van der Waals surface area contributed by atoms with Crippen LogP contribution >= 0.6 is 11.3 Å². The largest absolute Gasteiger partial charge is 0.317 e. The fraction of sp³-hybridized carbons (Fsp3) is 0.615. The van der Waals surface area contributed by atoms with E-state index in [9.17, 15) is 0 Å². The molecule has 2 rings (SSSR count). The van der Waals surface area contributed by atoms with Gasteiger partial charge in [-0.2, -0.15) is 0 Å². The molecule has 0 amide bonds. The van der Waals surface area contributed by atoms with Crippen molar-refractivity contribution in [3.63, 3.8) is 0 Å². The van der Waals surface area contributed by atoms with Crippen molar-refractivity contribution < 1.29 is 0 Å². The molecule has 4 heteroatoms. The van der Waals surface area contributed by atoms with Gasteiger partial charge in [-0.05, 0) is 32.2 Å². The number of hydrogen-bond acceptors (Lipinski definition) is 3. The maximum atomic E-state index is 4.61. The zero-order valence-electron chi connectivity index (χ0n) is 10.8. The first-order valence-corrected chi connectivity index (χ1v) is 7.15. The molecule has 0 spiro atoms. The molecule has 1 atom stereocenters. The summed E-state index contributed by atoms with van der Waals surface area (Å²) in [6.07, 6.45) is 7.68. The second-order valence-electron chi connectivity index (χ2n) is 4.98. The third-order valence-electron chi connectivity index (χ3n) is 3.06. The molecular formula is C13H21N3S. The topological polar surface area (TPSA) is 29.3 Å². The third-order valence-corrected chi connectivity index (χ3v) is 3.83. The number of thiazole rings is 1. The van der Waals surface area contributed by atoms with Crippen molar-refractivity contribution in [1.82, 2.24) is 14.7 Å². The minimum Gasteiger partial charge on any atom is -0.317 e. The van der Waals surface area contributed by atoms with E-state index in [1.807, 2.05) is 0 Å². The minimum atomic E-state index is 0.606. The van der Waals surface area contributed by atoms with E-state index >= 15 is 0 Å². The highest BCUT2D eigenvalue weighted by Gasteiger charge is 2.10. The Bertz CT molecular complexity index is 429. The monoisotopic (exact) mass is 251 g/mol. The molecule has 1 unspecified atom stereocenters. The minimum absolute atomic E-state index is 0.606. The number of imidazole rings is 1. The molecule has 0 aliphatic carbocycles. The summed E-state index contributed by atoms with van der Waals surface area (Å²) in [7, 11) is 2.05. The van der Waals surface area contributed by atoms with Gasteiger partial charge in [0, 0.05) is 23.8 Å². The standard InChI is InChI=1S/C13H21N3S/c1-10(2)8-11(14-3)4-5-12-9-16-6-7-17-13(16)15-12/h6-7,9-11,14H,4-5,8H2,1-3H3. The van der Waals surface area contributed by atoms with Crippen molar-refractivity contribution in [2.45, 2.75) is 39.2 Å². The molecule has 17 heavy (non-hydrogen) atoms. The van der Waals surface area contributed by atoms with Crippen LogP contribution in [0.3, 0.4) is 0 Å². The zero-order valence-corrected chi connectivity index (χ0v) is 11.6. The number of nitrogens with zero attached hydrogens (tertiary/aromatic N) is 2. The Hall–Kier alpha value is -0.870. The molecular weight excluding hydrogens is 230 g/mol. The van der Waals surface area contributed by atoms with E-state index in [4.69, 9.17) is 0 Å². The Morgan fingerprint density at radius 3 is 2.94 bits per heavy atom. The molecule has 2 aromatic rings. The van der Waals surface area contributed by atoms with E-state index in [1.165, 1.54) is 18.5 Å². The molecule has 0 aliphatic heterocycles. The summed E-state index contributed by atoms with van der Waals surface area (Å²) in [6, 6.07) is 0.606. The maximum Gasteiger partial charge on any atom is 0.193 e. The molecule has 0 radical (unpaired) electrons. The Labute approximate surface area is 107 Å². The van der Waals surface area contributed by atoms with Crippen molar-refractivity contribution in [1.29, 1.82) is 0 Å². The molecule has 2 aromatic heterocycles. The normalized spacial score (nSPS) is 13.6. The fourth-order valence-corrected chi connectivity index (χ4v) is 2.89. The number of aromatic nitrogens is 2. The first-order valence-electron chi connectivity index (χ1n) is 6.27. The van der Waals surface area contributed by atoms with Gasteiger partial charge in [-0.25, -0.2) is 4.98 Å². The highest BCUT2D eigenvalue weighted by Crippen LogP contribution is 2.15. The smallest absolute Gasteiger partial charge is 0.193 e. The van der Waals surface area contributed by atoms with Crippen LogP contribution in [0.1, 0.15) is 32.4 Å². The van der Waals surface area contributed by atoms with Gasteiger partial charge in [-0.15, -0.1) is 11.3 Å². The van der Waals surface area contributed by atoms with Crippen LogP contribution in [-0.4, -0.2) is 22.5 Å². The lowest BCUT2D eigenvalue weighted by atomic mass is 9.99. The second-order valence-corrected chi connectivity index (χ2v) is 5.85. The molecule has 2 heterocycles. The van der Waals surface area contributed by atoms with E-state index in [1.54, 1.807) is 11.3 Å². The van der Waals surface area contributed by atoms with E-state index in [2.05, 4.69) is 53.4 Å². The van der Waals surface area contributed by atoms with Gasteiger partial charge in [0.1, 0.15) is 0 Å². The number of hydrogen-bond donors (Lipinski definition) is 1. The second kappa shape index (κ2) is 5.65. The summed E-state index contributed by atoms with van der Waals surface area (Å²) in [5.74, 6) is 0.748. The summed E-state index contributed by atoms with van der Waals surface area (Å²) < 4.78 is 2.11. The average Bonchev–Trinajstić information content (AvgIpc) is 2.83. The molecule has 0 aliphatic rings. The van der Waals surface area contributed by atoms with Crippen LogP contribution in [0.15, 0.2) is 17.8 Å². The Morgan fingerprint density at radius 2 is 2.29 bits per heavy atom. The highest BCUT2D eigenvalue weighted by molar-refractivity contribution is 7.15. The summed E-state index contributed by atoms with van der Waals surface area (Å²) >= 11 is 1.70. The van der Waals surface area contributed by atoms with Crippen LogP contribution in [0, 0.1) is 5.92 Å². The lowest BCUT2D eigenvalue weighted by molar-refractivity contribution is 0.421. The zero-order chi connectivity index (χ0) is 12.3. The molecule has 1 N–H and O–H groups in total. The quantitative estimate of drug-likeness (QED) is 0.855. The SMILES string of the molecule is CNC(CCc1cn2ccsc2n1)CC(C)C. The fourth-order valence-electron chi connectivity index (χ4n) is 2.17. The average molecular weight is 251 g/mol. The van der Waals surface area contributed by atoms with Gasteiger partial charge in [-0.1, -0.05) is 13.8 Å². The van der Waals surface area contributed by atoms with Gasteiger partial charge >= 0.3 is 0 Å². The third kappa shape index (κ3) is 3.30. The van der Waals surface area contributed by atoms with E-state index < -0.39 is 0 Å². The van der Waals surface area contributed by atoms with Crippen LogP contribution < -0.4 is 5.32 Å². The first-order chi connectivity index (χ1) is 8.19.